The number of thiazole rings is 1. The number of nitrogens with zero attached hydrogens (tertiary/aromatic N) is 2. The number of rotatable bonds is 2. The number of aromatic nitrogens is 1. The minimum Gasteiger partial charge on any atom is -0.506 e. The summed E-state index contributed by atoms with van der Waals surface area (Å²) < 4.78 is 0.996. The first kappa shape index (κ1) is 12.4. The molecule has 20 heavy (non-hydrogen) atoms. The number of para-hydroxylation sites is 1. The highest BCUT2D eigenvalue weighted by molar-refractivity contribution is 7.19. The average Bonchev–Trinajstić information content (AvgIpc) is 2.92. The summed E-state index contributed by atoms with van der Waals surface area (Å²) in [5.74, 6) is -0.0350. The van der Waals surface area contributed by atoms with Crippen molar-refractivity contribution in [2.75, 3.05) is 0 Å². The van der Waals surface area contributed by atoms with Crippen molar-refractivity contribution in [1.29, 1.82) is 5.26 Å². The van der Waals surface area contributed by atoms with E-state index in [9.17, 15) is 10.4 Å². The Labute approximate surface area is 120 Å². The van der Waals surface area contributed by atoms with Crippen LogP contribution in [-0.4, -0.2) is 10.1 Å². The molecule has 0 saturated heterocycles. The van der Waals surface area contributed by atoms with Crippen LogP contribution in [0.2, 0.25) is 0 Å². The summed E-state index contributed by atoms with van der Waals surface area (Å²) in [4.78, 5) is 4.41. The summed E-state index contributed by atoms with van der Waals surface area (Å²) in [6.45, 7) is 0. The predicted molar refractivity (Wildman–Crippen MR) is 81.1 cm³/mol. The van der Waals surface area contributed by atoms with E-state index in [1.807, 2.05) is 42.5 Å². The van der Waals surface area contributed by atoms with Gasteiger partial charge >= 0.3 is 0 Å². The van der Waals surface area contributed by atoms with E-state index in [0.717, 1.165) is 10.2 Å². The Morgan fingerprint density at radius 1 is 1.05 bits per heavy atom. The molecule has 0 aliphatic rings. The molecule has 0 fully saturated rings. The van der Waals surface area contributed by atoms with Gasteiger partial charge in [-0.25, -0.2) is 4.98 Å². The van der Waals surface area contributed by atoms with Crippen LogP contribution >= 0.6 is 11.3 Å². The lowest BCUT2D eigenvalue weighted by Crippen LogP contribution is -1.89. The van der Waals surface area contributed by atoms with E-state index in [0.29, 0.717) is 10.6 Å². The van der Waals surface area contributed by atoms with Gasteiger partial charge in [0, 0.05) is 5.56 Å². The maximum atomic E-state index is 10.3. The predicted octanol–water partition coefficient (Wildman–Crippen LogP) is 4.25. The van der Waals surface area contributed by atoms with E-state index in [1.54, 1.807) is 12.1 Å². The molecular weight excluding hydrogens is 268 g/mol. The van der Waals surface area contributed by atoms with Gasteiger partial charge in [0.25, 0.3) is 0 Å². The minimum absolute atomic E-state index is 0.0350. The Morgan fingerprint density at radius 2 is 1.75 bits per heavy atom. The van der Waals surface area contributed by atoms with E-state index < -0.39 is 0 Å². The monoisotopic (exact) mass is 278 g/mol. The number of benzene rings is 2. The summed E-state index contributed by atoms with van der Waals surface area (Å²) in [7, 11) is 0. The summed E-state index contributed by atoms with van der Waals surface area (Å²) >= 11 is 1.40. The molecule has 0 unspecified atom stereocenters. The van der Waals surface area contributed by atoms with Crippen molar-refractivity contribution < 1.29 is 5.11 Å². The first-order chi connectivity index (χ1) is 9.79. The van der Waals surface area contributed by atoms with Gasteiger partial charge in [-0.3, -0.25) is 0 Å². The number of aliphatic hydroxyl groups is 1. The maximum Gasteiger partial charge on any atom is 0.143 e. The van der Waals surface area contributed by atoms with Crippen LogP contribution in [0.3, 0.4) is 0 Å². The van der Waals surface area contributed by atoms with E-state index in [2.05, 4.69) is 11.1 Å². The number of nitriles is 1. The lowest BCUT2D eigenvalue weighted by Gasteiger charge is -2.01. The van der Waals surface area contributed by atoms with Crippen molar-refractivity contribution >= 4 is 32.9 Å². The molecule has 3 rings (SSSR count). The molecule has 0 spiro atoms. The standard InChI is InChI=1S/C16H10N2OS/c17-10-12(15(19)11-6-2-1-3-7-11)16-18-13-8-4-5-9-14(13)20-16/h1-9,19H. The number of hydrogen-bond acceptors (Lipinski definition) is 4. The minimum atomic E-state index is -0.0350. The molecular formula is C16H10N2OS. The maximum absolute atomic E-state index is 10.3. The third-order valence-electron chi connectivity index (χ3n) is 2.90. The molecule has 1 N–H and O–H groups in total. The third kappa shape index (κ3) is 2.15. The van der Waals surface area contributed by atoms with Crippen LogP contribution < -0.4 is 0 Å². The lowest BCUT2D eigenvalue weighted by molar-refractivity contribution is 0.514. The fourth-order valence-corrected chi connectivity index (χ4v) is 2.88. The first-order valence-corrected chi connectivity index (χ1v) is 6.86. The van der Waals surface area contributed by atoms with Crippen molar-refractivity contribution in [3.8, 4) is 6.07 Å². The van der Waals surface area contributed by atoms with Crippen molar-refractivity contribution in [1.82, 2.24) is 4.98 Å². The van der Waals surface area contributed by atoms with Crippen LogP contribution in [0.15, 0.2) is 54.6 Å². The molecule has 1 aromatic heterocycles. The zero-order chi connectivity index (χ0) is 13.9. The molecule has 4 heteroatoms. The fourth-order valence-electron chi connectivity index (χ4n) is 1.92. The van der Waals surface area contributed by atoms with Crippen LogP contribution in [0.25, 0.3) is 21.5 Å². The third-order valence-corrected chi connectivity index (χ3v) is 3.96. The molecule has 0 bridgehead atoms. The van der Waals surface area contributed by atoms with Crippen LogP contribution in [0, 0.1) is 11.3 Å². The molecule has 0 atom stereocenters. The summed E-state index contributed by atoms with van der Waals surface area (Å²) in [5.41, 5.74) is 1.65. The molecule has 96 valence electrons. The van der Waals surface area contributed by atoms with E-state index >= 15 is 0 Å². The molecule has 2 aromatic carbocycles. The van der Waals surface area contributed by atoms with E-state index in [1.165, 1.54) is 11.3 Å². The van der Waals surface area contributed by atoms with Crippen LogP contribution in [0.1, 0.15) is 10.6 Å². The summed E-state index contributed by atoms with van der Waals surface area (Å²) in [6.07, 6.45) is 0. The Morgan fingerprint density at radius 3 is 2.45 bits per heavy atom. The van der Waals surface area contributed by atoms with Gasteiger partial charge in [-0.15, -0.1) is 11.3 Å². The molecule has 0 radical (unpaired) electrons. The molecule has 0 aliphatic carbocycles. The number of aliphatic hydroxyl groups excluding tert-OH is 1. The number of hydrogen-bond donors (Lipinski definition) is 1. The molecule has 0 amide bonds. The zero-order valence-electron chi connectivity index (χ0n) is 10.4. The Balaban J connectivity index is 2.17. The normalized spacial score (nSPS) is 11.9. The highest BCUT2D eigenvalue weighted by atomic mass is 32.1. The van der Waals surface area contributed by atoms with Crippen molar-refractivity contribution in [2.45, 2.75) is 0 Å². The van der Waals surface area contributed by atoms with Crippen LogP contribution in [0.4, 0.5) is 0 Å². The summed E-state index contributed by atoms with van der Waals surface area (Å²) in [6, 6.07) is 18.8. The Kier molecular flexibility index (Phi) is 3.20. The number of fused-ring (bicyclic) bond motifs is 1. The van der Waals surface area contributed by atoms with Gasteiger partial charge in [0.1, 0.15) is 22.4 Å². The van der Waals surface area contributed by atoms with Gasteiger partial charge in [0.2, 0.25) is 0 Å². The molecule has 3 nitrogen and oxygen atoms in total. The smallest absolute Gasteiger partial charge is 0.143 e. The van der Waals surface area contributed by atoms with Gasteiger partial charge in [0.15, 0.2) is 0 Å². The second kappa shape index (κ2) is 5.16. The SMILES string of the molecule is N#CC(=C(O)c1ccccc1)c1nc2ccccc2s1. The van der Waals surface area contributed by atoms with Crippen molar-refractivity contribution in [3.05, 3.63) is 65.2 Å². The van der Waals surface area contributed by atoms with Gasteiger partial charge in [-0.2, -0.15) is 5.26 Å². The van der Waals surface area contributed by atoms with Crippen LogP contribution in [0.5, 0.6) is 0 Å². The number of allylic oxidation sites excluding steroid dienone is 1. The van der Waals surface area contributed by atoms with E-state index in [4.69, 9.17) is 0 Å². The Bertz CT molecular complexity index is 795. The average molecular weight is 278 g/mol. The lowest BCUT2D eigenvalue weighted by atomic mass is 10.1. The zero-order valence-corrected chi connectivity index (χ0v) is 11.3. The van der Waals surface area contributed by atoms with Crippen molar-refractivity contribution in [3.63, 3.8) is 0 Å². The van der Waals surface area contributed by atoms with Crippen LogP contribution in [-0.2, 0) is 0 Å². The summed E-state index contributed by atoms with van der Waals surface area (Å²) in [5, 5.41) is 20.2. The second-order valence-electron chi connectivity index (χ2n) is 4.19. The van der Waals surface area contributed by atoms with Crippen molar-refractivity contribution in [2.24, 2.45) is 0 Å². The Hall–Kier alpha value is -2.64. The first-order valence-electron chi connectivity index (χ1n) is 6.04. The fraction of sp³-hybridized carbons (Fsp3) is 0. The van der Waals surface area contributed by atoms with E-state index in [-0.39, 0.29) is 11.3 Å². The van der Waals surface area contributed by atoms with Gasteiger partial charge in [0.05, 0.1) is 10.2 Å². The van der Waals surface area contributed by atoms with Gasteiger partial charge in [-0.05, 0) is 12.1 Å². The van der Waals surface area contributed by atoms with Gasteiger partial charge in [-0.1, -0.05) is 42.5 Å². The second-order valence-corrected chi connectivity index (χ2v) is 5.22. The topological polar surface area (TPSA) is 56.9 Å². The van der Waals surface area contributed by atoms with Gasteiger partial charge < -0.3 is 5.11 Å². The largest absolute Gasteiger partial charge is 0.506 e. The highest BCUT2D eigenvalue weighted by Gasteiger charge is 2.14. The molecule has 1 heterocycles. The molecule has 0 aliphatic heterocycles. The highest BCUT2D eigenvalue weighted by Crippen LogP contribution is 2.30. The quantitative estimate of drug-likeness (QED) is 0.563. The molecule has 3 aromatic rings. The molecule has 0 saturated carbocycles.